The molecule has 0 aliphatic carbocycles. The molecule has 3 amide bonds. The number of hydrogen-bond donors (Lipinski definition) is 1. The van der Waals surface area contributed by atoms with Crippen LogP contribution in [-0.2, 0) is 0 Å². The molecular weight excluding hydrogens is 304 g/mol. The second kappa shape index (κ2) is 5.60. The zero-order valence-electron chi connectivity index (χ0n) is 13.8. The number of fused-ring (bicyclic) bond motifs is 1. The molecule has 1 N–H and O–H groups in total. The second-order valence-corrected chi connectivity index (χ2v) is 6.74. The topological polar surface area (TPSA) is 66.5 Å². The number of rotatable bonds is 2. The van der Waals surface area contributed by atoms with E-state index in [1.165, 1.54) is 0 Å². The summed E-state index contributed by atoms with van der Waals surface area (Å²) in [6.07, 6.45) is 0. The number of nitrogens with zero attached hydrogens (tertiary/aromatic N) is 1. The lowest BCUT2D eigenvalue weighted by molar-refractivity contribution is 0.0912. The number of anilines is 1. The van der Waals surface area contributed by atoms with Crippen molar-refractivity contribution in [3.05, 3.63) is 65.2 Å². The van der Waals surface area contributed by atoms with E-state index in [9.17, 15) is 14.4 Å². The number of benzene rings is 2. The van der Waals surface area contributed by atoms with Gasteiger partial charge >= 0.3 is 0 Å². The maximum atomic E-state index is 12.4. The highest BCUT2D eigenvalue weighted by Crippen LogP contribution is 2.28. The highest BCUT2D eigenvalue weighted by molar-refractivity contribution is 6.34. The Balaban J connectivity index is 1.86. The number of carbonyl (C=O) groups excluding carboxylic acids is 3. The fourth-order valence-corrected chi connectivity index (χ4v) is 2.60. The van der Waals surface area contributed by atoms with Crippen LogP contribution in [0.5, 0.6) is 0 Å². The molecule has 0 aromatic heterocycles. The van der Waals surface area contributed by atoms with Gasteiger partial charge in [-0.15, -0.1) is 0 Å². The van der Waals surface area contributed by atoms with E-state index in [1.807, 2.05) is 20.8 Å². The number of imide groups is 1. The van der Waals surface area contributed by atoms with Gasteiger partial charge in [-0.2, -0.15) is 0 Å². The van der Waals surface area contributed by atoms with E-state index in [4.69, 9.17) is 0 Å². The molecule has 0 radical (unpaired) electrons. The normalized spacial score (nSPS) is 13.9. The van der Waals surface area contributed by atoms with E-state index >= 15 is 0 Å². The molecule has 5 nitrogen and oxygen atoms in total. The summed E-state index contributed by atoms with van der Waals surface area (Å²) in [6, 6.07) is 13.2. The average Bonchev–Trinajstić information content (AvgIpc) is 2.78. The fourth-order valence-electron chi connectivity index (χ4n) is 2.60. The molecule has 0 spiro atoms. The van der Waals surface area contributed by atoms with E-state index in [2.05, 4.69) is 5.32 Å². The molecule has 5 heteroatoms. The lowest BCUT2D eigenvalue weighted by Gasteiger charge is -2.21. The summed E-state index contributed by atoms with van der Waals surface area (Å²) in [6.45, 7) is 5.70. The molecule has 1 heterocycles. The molecule has 0 saturated carbocycles. The molecule has 0 unspecified atom stereocenters. The minimum absolute atomic E-state index is 0.198. The van der Waals surface area contributed by atoms with Crippen LogP contribution in [0.25, 0.3) is 0 Å². The summed E-state index contributed by atoms with van der Waals surface area (Å²) in [4.78, 5) is 38.2. The van der Waals surface area contributed by atoms with Crippen LogP contribution in [0.3, 0.4) is 0 Å². The van der Waals surface area contributed by atoms with Crippen molar-refractivity contribution in [1.82, 2.24) is 5.32 Å². The van der Waals surface area contributed by atoms with Gasteiger partial charge in [0.05, 0.1) is 16.8 Å². The Morgan fingerprint density at radius 2 is 1.38 bits per heavy atom. The van der Waals surface area contributed by atoms with Gasteiger partial charge in [0.25, 0.3) is 17.7 Å². The third kappa shape index (κ3) is 2.80. The molecule has 0 bridgehead atoms. The quantitative estimate of drug-likeness (QED) is 0.864. The Kier molecular flexibility index (Phi) is 3.72. The van der Waals surface area contributed by atoms with Crippen LogP contribution >= 0.6 is 0 Å². The predicted octanol–water partition coefficient (Wildman–Crippen LogP) is 3.02. The number of hydrogen-bond acceptors (Lipinski definition) is 3. The van der Waals surface area contributed by atoms with Crippen molar-refractivity contribution in [3.8, 4) is 0 Å². The summed E-state index contributed by atoms with van der Waals surface area (Å²) in [5.74, 6) is -0.888. The van der Waals surface area contributed by atoms with E-state index in [0.717, 1.165) is 4.90 Å². The van der Waals surface area contributed by atoms with Gasteiger partial charge in [-0.1, -0.05) is 12.1 Å². The highest BCUT2D eigenvalue weighted by Gasteiger charge is 2.36. The molecule has 24 heavy (non-hydrogen) atoms. The average molecular weight is 322 g/mol. The largest absolute Gasteiger partial charge is 0.347 e. The van der Waals surface area contributed by atoms with Gasteiger partial charge in [0, 0.05) is 11.1 Å². The highest BCUT2D eigenvalue weighted by atomic mass is 16.2. The third-order valence-electron chi connectivity index (χ3n) is 3.67. The van der Waals surface area contributed by atoms with Gasteiger partial charge in [-0.05, 0) is 57.2 Å². The molecule has 122 valence electrons. The third-order valence-corrected chi connectivity index (χ3v) is 3.67. The van der Waals surface area contributed by atoms with Crippen LogP contribution in [0, 0.1) is 0 Å². The van der Waals surface area contributed by atoms with Crippen LogP contribution in [-0.4, -0.2) is 23.3 Å². The molecule has 0 saturated heterocycles. The van der Waals surface area contributed by atoms with Crippen LogP contribution in [0.15, 0.2) is 48.5 Å². The lowest BCUT2D eigenvalue weighted by atomic mass is 10.1. The molecule has 3 rings (SSSR count). The van der Waals surface area contributed by atoms with Gasteiger partial charge in [0.1, 0.15) is 0 Å². The SMILES string of the molecule is CC(C)(C)NC(=O)c1ccc(N2C(=O)c3ccccc3C2=O)cc1. The van der Waals surface area contributed by atoms with Gasteiger partial charge in [0.2, 0.25) is 0 Å². The predicted molar refractivity (Wildman–Crippen MR) is 91.2 cm³/mol. The van der Waals surface area contributed by atoms with Crippen molar-refractivity contribution in [1.29, 1.82) is 0 Å². The fraction of sp³-hybridized carbons (Fsp3) is 0.211. The zero-order chi connectivity index (χ0) is 17.5. The number of nitrogens with one attached hydrogen (secondary N) is 1. The Labute approximate surface area is 140 Å². The molecule has 2 aromatic rings. The summed E-state index contributed by atoms with van der Waals surface area (Å²) in [5.41, 5.74) is 1.39. The molecular formula is C19H18N2O3. The van der Waals surface area contributed by atoms with Gasteiger partial charge < -0.3 is 5.32 Å². The first-order valence-electron chi connectivity index (χ1n) is 7.68. The van der Waals surface area contributed by atoms with Gasteiger partial charge in [-0.3, -0.25) is 14.4 Å². The molecule has 1 aliphatic rings. The smallest absolute Gasteiger partial charge is 0.266 e. The summed E-state index contributed by atoms with van der Waals surface area (Å²) in [5, 5.41) is 2.87. The van der Waals surface area contributed by atoms with Crippen molar-refractivity contribution < 1.29 is 14.4 Å². The van der Waals surface area contributed by atoms with Crippen molar-refractivity contribution in [2.24, 2.45) is 0 Å². The van der Waals surface area contributed by atoms with Crippen LogP contribution < -0.4 is 10.2 Å². The molecule has 0 atom stereocenters. The maximum absolute atomic E-state index is 12.4. The number of amides is 3. The van der Waals surface area contributed by atoms with E-state index in [-0.39, 0.29) is 23.3 Å². The van der Waals surface area contributed by atoms with Crippen LogP contribution in [0.2, 0.25) is 0 Å². The second-order valence-electron chi connectivity index (χ2n) is 6.74. The van der Waals surface area contributed by atoms with Gasteiger partial charge in [0.15, 0.2) is 0 Å². The summed E-state index contributed by atoms with van der Waals surface area (Å²) >= 11 is 0. The lowest BCUT2D eigenvalue weighted by Crippen LogP contribution is -2.40. The van der Waals surface area contributed by atoms with Crippen molar-refractivity contribution in [3.63, 3.8) is 0 Å². The standard InChI is InChI=1S/C19H18N2O3/c1-19(2,3)20-16(22)12-8-10-13(11-9-12)21-17(23)14-6-4-5-7-15(14)18(21)24/h4-11H,1-3H3,(H,20,22). The molecule has 0 fully saturated rings. The Bertz CT molecular complexity index is 797. The minimum atomic E-state index is -0.345. The first kappa shape index (κ1) is 15.9. The first-order chi connectivity index (χ1) is 11.3. The minimum Gasteiger partial charge on any atom is -0.347 e. The Morgan fingerprint density at radius 1 is 0.875 bits per heavy atom. The van der Waals surface area contributed by atoms with E-state index in [1.54, 1.807) is 48.5 Å². The van der Waals surface area contributed by atoms with Crippen molar-refractivity contribution in [2.45, 2.75) is 26.3 Å². The van der Waals surface area contributed by atoms with Crippen LogP contribution in [0.4, 0.5) is 5.69 Å². The monoisotopic (exact) mass is 322 g/mol. The van der Waals surface area contributed by atoms with Crippen molar-refractivity contribution in [2.75, 3.05) is 4.90 Å². The summed E-state index contributed by atoms with van der Waals surface area (Å²) in [7, 11) is 0. The van der Waals surface area contributed by atoms with E-state index in [0.29, 0.717) is 22.4 Å². The Morgan fingerprint density at radius 3 is 1.83 bits per heavy atom. The zero-order valence-corrected chi connectivity index (χ0v) is 13.8. The van der Waals surface area contributed by atoms with Gasteiger partial charge in [-0.25, -0.2) is 4.90 Å². The molecule has 1 aliphatic heterocycles. The van der Waals surface area contributed by atoms with Crippen molar-refractivity contribution >= 4 is 23.4 Å². The van der Waals surface area contributed by atoms with Crippen LogP contribution in [0.1, 0.15) is 51.8 Å². The molecule has 2 aromatic carbocycles. The number of carbonyl (C=O) groups is 3. The van der Waals surface area contributed by atoms with E-state index < -0.39 is 0 Å². The Hall–Kier alpha value is -2.95. The summed E-state index contributed by atoms with van der Waals surface area (Å²) < 4.78 is 0. The first-order valence-corrected chi connectivity index (χ1v) is 7.68. The maximum Gasteiger partial charge on any atom is 0.266 e.